The topological polar surface area (TPSA) is 17.8 Å². The Kier molecular flexibility index (Phi) is 4.77. The molecule has 0 aliphatic carbocycles. The summed E-state index contributed by atoms with van der Waals surface area (Å²) in [4.78, 5) is 3.97. The van der Waals surface area contributed by atoms with Crippen LogP contribution in [-0.2, 0) is 12.4 Å². The summed E-state index contributed by atoms with van der Waals surface area (Å²) in [5.74, 6) is 0.181. The van der Waals surface area contributed by atoms with Crippen LogP contribution < -0.4 is 0 Å². The zero-order valence-corrected chi connectivity index (χ0v) is 10.0. The van der Waals surface area contributed by atoms with Gasteiger partial charge >= 0.3 is 0 Å². The highest BCUT2D eigenvalue weighted by Gasteiger charge is 2.04. The predicted molar refractivity (Wildman–Crippen MR) is 64.5 cm³/mol. The summed E-state index contributed by atoms with van der Waals surface area (Å²) >= 11 is 5.72. The van der Waals surface area contributed by atoms with Crippen molar-refractivity contribution in [3.63, 3.8) is 0 Å². The maximum Gasteiger partial charge on any atom is 0.128 e. The molecule has 0 amide bonds. The number of alkyl halides is 1. The second kappa shape index (κ2) is 5.87. The molecule has 0 spiro atoms. The predicted octanol–water partition coefficient (Wildman–Crippen LogP) is 3.23. The van der Waals surface area contributed by atoms with E-state index < -0.39 is 0 Å². The molecule has 86 valence electrons. The van der Waals surface area contributed by atoms with Gasteiger partial charge in [0, 0.05) is 11.8 Å². The lowest BCUT2D eigenvalue weighted by Crippen LogP contribution is -2.03. The Labute approximate surface area is 104 Å². The Bertz CT molecular complexity index is 457. The summed E-state index contributed by atoms with van der Waals surface area (Å²) in [5, 5.41) is 0. The minimum absolute atomic E-state index is 0. The van der Waals surface area contributed by atoms with Crippen LogP contribution in [0.3, 0.4) is 0 Å². The van der Waals surface area contributed by atoms with E-state index in [1.54, 1.807) is 24.7 Å². The molecule has 16 heavy (non-hydrogen) atoms. The highest BCUT2D eigenvalue weighted by atomic mass is 35.5. The number of halogens is 3. The van der Waals surface area contributed by atoms with Crippen molar-refractivity contribution in [3.8, 4) is 0 Å². The fraction of sp³-hybridized carbons (Fsp3) is 0.182. The molecule has 1 aromatic carbocycles. The number of hydrogen-bond acceptors (Lipinski definition) is 1. The van der Waals surface area contributed by atoms with Gasteiger partial charge in [-0.3, -0.25) is 0 Å². The summed E-state index contributed by atoms with van der Waals surface area (Å²) in [5.41, 5.74) is 1.53. The maximum atomic E-state index is 13.4. The Morgan fingerprint density at radius 2 is 2.06 bits per heavy atom. The van der Waals surface area contributed by atoms with E-state index >= 15 is 0 Å². The fourth-order valence-electron chi connectivity index (χ4n) is 1.41. The van der Waals surface area contributed by atoms with Gasteiger partial charge in [-0.25, -0.2) is 9.37 Å². The van der Waals surface area contributed by atoms with Crippen LogP contribution in [0.1, 0.15) is 11.3 Å². The van der Waals surface area contributed by atoms with Crippen molar-refractivity contribution in [2.24, 2.45) is 0 Å². The Morgan fingerprint density at radius 3 is 2.75 bits per heavy atom. The summed E-state index contributed by atoms with van der Waals surface area (Å²) < 4.78 is 15.2. The van der Waals surface area contributed by atoms with Gasteiger partial charge in [-0.1, -0.05) is 18.2 Å². The third-order valence-corrected chi connectivity index (χ3v) is 2.51. The third kappa shape index (κ3) is 2.74. The molecule has 0 atom stereocenters. The molecule has 0 saturated carbocycles. The molecule has 5 heteroatoms. The summed E-state index contributed by atoms with van der Waals surface area (Å²) in [6.45, 7) is 0.467. The average Bonchev–Trinajstić information content (AvgIpc) is 2.69. The molecular formula is C11H11Cl2FN2. The van der Waals surface area contributed by atoms with E-state index in [-0.39, 0.29) is 18.2 Å². The van der Waals surface area contributed by atoms with Gasteiger partial charge in [-0.05, 0) is 6.07 Å². The van der Waals surface area contributed by atoms with E-state index in [0.29, 0.717) is 18.0 Å². The zero-order chi connectivity index (χ0) is 10.7. The molecule has 0 N–H and O–H groups in total. The van der Waals surface area contributed by atoms with Crippen molar-refractivity contribution in [2.75, 3.05) is 0 Å². The van der Waals surface area contributed by atoms with Gasteiger partial charge in [-0.15, -0.1) is 24.0 Å². The normalized spacial score (nSPS) is 9.88. The van der Waals surface area contributed by atoms with Crippen LogP contribution >= 0.6 is 24.0 Å². The quantitative estimate of drug-likeness (QED) is 0.775. The van der Waals surface area contributed by atoms with Gasteiger partial charge in [0.2, 0.25) is 0 Å². The van der Waals surface area contributed by atoms with E-state index in [0.717, 1.165) is 5.69 Å². The molecular weight excluding hydrogens is 250 g/mol. The molecule has 1 heterocycles. The molecule has 0 aliphatic rings. The molecule has 2 nitrogen and oxygen atoms in total. The zero-order valence-electron chi connectivity index (χ0n) is 8.44. The van der Waals surface area contributed by atoms with Crippen LogP contribution in [0.25, 0.3) is 0 Å². The van der Waals surface area contributed by atoms with Crippen molar-refractivity contribution in [1.29, 1.82) is 0 Å². The van der Waals surface area contributed by atoms with Crippen LogP contribution in [0, 0.1) is 5.82 Å². The standard InChI is InChI=1S/C11H10ClFN2.ClH/c12-5-10-6-14-8-15(10)7-9-3-1-2-4-11(9)13;/h1-4,6,8H,5,7H2;1H. The first-order valence-corrected chi connectivity index (χ1v) is 5.13. The van der Waals surface area contributed by atoms with Gasteiger partial charge in [0.25, 0.3) is 0 Å². The molecule has 0 saturated heterocycles. The molecule has 0 unspecified atom stereocenters. The number of hydrogen-bond donors (Lipinski definition) is 0. The van der Waals surface area contributed by atoms with Crippen LogP contribution in [0.4, 0.5) is 4.39 Å². The first-order chi connectivity index (χ1) is 7.31. The second-order valence-electron chi connectivity index (χ2n) is 3.24. The molecule has 0 radical (unpaired) electrons. The van der Waals surface area contributed by atoms with E-state index in [2.05, 4.69) is 4.98 Å². The minimum atomic E-state index is -0.202. The van der Waals surface area contributed by atoms with E-state index in [9.17, 15) is 4.39 Å². The maximum absolute atomic E-state index is 13.4. The number of benzene rings is 1. The summed E-state index contributed by atoms with van der Waals surface area (Å²) in [6, 6.07) is 6.70. The number of nitrogens with zero attached hydrogens (tertiary/aromatic N) is 2. The van der Waals surface area contributed by atoms with Gasteiger partial charge in [0.15, 0.2) is 0 Å². The number of rotatable bonds is 3. The Balaban J connectivity index is 0.00000128. The van der Waals surface area contributed by atoms with Crippen LogP contribution in [0.15, 0.2) is 36.8 Å². The average molecular weight is 261 g/mol. The molecule has 2 aromatic rings. The smallest absolute Gasteiger partial charge is 0.128 e. The third-order valence-electron chi connectivity index (χ3n) is 2.23. The lowest BCUT2D eigenvalue weighted by Gasteiger charge is -2.06. The van der Waals surface area contributed by atoms with Crippen molar-refractivity contribution < 1.29 is 4.39 Å². The first kappa shape index (κ1) is 13.0. The Morgan fingerprint density at radius 1 is 1.31 bits per heavy atom. The van der Waals surface area contributed by atoms with Gasteiger partial charge in [-0.2, -0.15) is 0 Å². The molecule has 2 rings (SSSR count). The van der Waals surface area contributed by atoms with Crippen molar-refractivity contribution >= 4 is 24.0 Å². The van der Waals surface area contributed by atoms with Crippen LogP contribution in [-0.4, -0.2) is 9.55 Å². The van der Waals surface area contributed by atoms with E-state index in [4.69, 9.17) is 11.6 Å². The molecule has 0 aliphatic heterocycles. The number of imidazole rings is 1. The molecule has 0 bridgehead atoms. The Hall–Kier alpha value is -1.06. The minimum Gasteiger partial charge on any atom is -0.329 e. The summed E-state index contributed by atoms with van der Waals surface area (Å²) in [7, 11) is 0. The SMILES string of the molecule is Cl.Fc1ccccc1Cn1cncc1CCl. The van der Waals surface area contributed by atoms with Crippen molar-refractivity contribution in [2.45, 2.75) is 12.4 Å². The highest BCUT2D eigenvalue weighted by molar-refractivity contribution is 6.16. The molecule has 0 fully saturated rings. The first-order valence-electron chi connectivity index (χ1n) is 4.59. The number of aromatic nitrogens is 2. The summed E-state index contributed by atoms with van der Waals surface area (Å²) in [6.07, 6.45) is 3.35. The lowest BCUT2D eigenvalue weighted by atomic mass is 10.2. The van der Waals surface area contributed by atoms with E-state index in [1.807, 2.05) is 10.6 Å². The molecule has 1 aromatic heterocycles. The second-order valence-corrected chi connectivity index (χ2v) is 3.51. The van der Waals surface area contributed by atoms with Crippen molar-refractivity contribution in [3.05, 3.63) is 53.9 Å². The van der Waals surface area contributed by atoms with E-state index in [1.165, 1.54) is 6.07 Å². The monoisotopic (exact) mass is 260 g/mol. The van der Waals surface area contributed by atoms with Crippen LogP contribution in [0.5, 0.6) is 0 Å². The van der Waals surface area contributed by atoms with Gasteiger partial charge < -0.3 is 4.57 Å². The van der Waals surface area contributed by atoms with Crippen LogP contribution in [0.2, 0.25) is 0 Å². The largest absolute Gasteiger partial charge is 0.329 e. The highest BCUT2D eigenvalue weighted by Crippen LogP contribution is 2.11. The van der Waals surface area contributed by atoms with Gasteiger partial charge in [0.05, 0.1) is 24.4 Å². The fourth-order valence-corrected chi connectivity index (χ4v) is 1.63. The lowest BCUT2D eigenvalue weighted by molar-refractivity contribution is 0.597. The van der Waals surface area contributed by atoms with Crippen molar-refractivity contribution in [1.82, 2.24) is 9.55 Å². The van der Waals surface area contributed by atoms with Gasteiger partial charge in [0.1, 0.15) is 5.82 Å².